The Morgan fingerprint density at radius 3 is 2.50 bits per heavy atom. The molecular formula is C16H33NS. The zero-order valence-corrected chi connectivity index (χ0v) is 13.5. The van der Waals surface area contributed by atoms with Crippen molar-refractivity contribution in [3.63, 3.8) is 0 Å². The second-order valence-corrected chi connectivity index (χ2v) is 7.15. The van der Waals surface area contributed by atoms with Crippen LogP contribution in [0.1, 0.15) is 65.2 Å². The minimum atomic E-state index is 0.764. The molecule has 18 heavy (non-hydrogen) atoms. The van der Waals surface area contributed by atoms with E-state index in [4.69, 9.17) is 0 Å². The fourth-order valence-electron chi connectivity index (χ4n) is 3.10. The molecule has 1 aliphatic heterocycles. The smallest absolute Gasteiger partial charge is 0.00693 e. The molecule has 2 heteroatoms. The Balaban J connectivity index is 2.29. The Kier molecular flexibility index (Phi) is 9.22. The van der Waals surface area contributed by atoms with E-state index in [0.29, 0.717) is 0 Å². The highest BCUT2D eigenvalue weighted by Crippen LogP contribution is 2.29. The van der Waals surface area contributed by atoms with Crippen molar-refractivity contribution in [2.75, 3.05) is 18.6 Å². The number of hydrogen-bond donors (Lipinski definition) is 1. The third-order valence-electron chi connectivity index (χ3n) is 4.53. The monoisotopic (exact) mass is 271 g/mol. The van der Waals surface area contributed by atoms with Gasteiger partial charge in [0.15, 0.2) is 0 Å². The van der Waals surface area contributed by atoms with Crippen LogP contribution >= 0.6 is 11.8 Å². The van der Waals surface area contributed by atoms with Crippen LogP contribution in [0.5, 0.6) is 0 Å². The second kappa shape index (κ2) is 10.1. The van der Waals surface area contributed by atoms with Crippen molar-refractivity contribution >= 4 is 11.8 Å². The third kappa shape index (κ3) is 6.47. The first-order valence-electron chi connectivity index (χ1n) is 8.05. The number of unbranched alkanes of at least 4 members (excludes halogenated alkanes) is 1. The first-order valence-corrected chi connectivity index (χ1v) is 9.20. The molecule has 0 radical (unpaired) electrons. The molecule has 1 aliphatic rings. The van der Waals surface area contributed by atoms with Crippen molar-refractivity contribution in [3.8, 4) is 0 Å². The van der Waals surface area contributed by atoms with Gasteiger partial charge in [-0.1, -0.05) is 39.5 Å². The normalized spacial score (nSPS) is 20.8. The maximum Gasteiger partial charge on any atom is 0.00693 e. The lowest BCUT2D eigenvalue weighted by molar-refractivity contribution is 0.305. The van der Waals surface area contributed by atoms with Gasteiger partial charge >= 0.3 is 0 Å². The van der Waals surface area contributed by atoms with Crippen LogP contribution in [0.15, 0.2) is 0 Å². The summed E-state index contributed by atoms with van der Waals surface area (Å²) in [6, 6.07) is 0.764. The molecule has 0 aromatic rings. The largest absolute Gasteiger partial charge is 0.317 e. The summed E-state index contributed by atoms with van der Waals surface area (Å²) >= 11 is 2.14. The number of nitrogens with one attached hydrogen (secondary N) is 1. The highest BCUT2D eigenvalue weighted by atomic mass is 32.2. The van der Waals surface area contributed by atoms with Crippen molar-refractivity contribution in [2.24, 2.45) is 11.8 Å². The van der Waals surface area contributed by atoms with E-state index in [0.717, 1.165) is 17.9 Å². The minimum absolute atomic E-state index is 0.764. The summed E-state index contributed by atoms with van der Waals surface area (Å²) in [5, 5.41) is 3.58. The van der Waals surface area contributed by atoms with Crippen molar-refractivity contribution < 1.29 is 0 Å². The summed E-state index contributed by atoms with van der Waals surface area (Å²) in [7, 11) is 2.16. The standard InChI is InChI=1S/C16H33NS/c1-4-6-7-14(5-2)12-16(17-3)13-15-8-10-18-11-9-15/h14-17H,4-13H2,1-3H3. The Morgan fingerprint density at radius 2 is 1.94 bits per heavy atom. The molecule has 0 saturated carbocycles. The van der Waals surface area contributed by atoms with Crippen molar-refractivity contribution in [3.05, 3.63) is 0 Å². The van der Waals surface area contributed by atoms with Gasteiger partial charge in [0.2, 0.25) is 0 Å². The van der Waals surface area contributed by atoms with Crippen LogP contribution in [0.2, 0.25) is 0 Å². The highest BCUT2D eigenvalue weighted by molar-refractivity contribution is 7.99. The number of rotatable bonds is 9. The Morgan fingerprint density at radius 1 is 1.22 bits per heavy atom. The molecule has 108 valence electrons. The molecule has 0 bridgehead atoms. The van der Waals surface area contributed by atoms with Crippen LogP contribution in [0.4, 0.5) is 0 Å². The first-order chi connectivity index (χ1) is 8.80. The van der Waals surface area contributed by atoms with E-state index in [1.807, 2.05) is 0 Å². The predicted molar refractivity (Wildman–Crippen MR) is 85.4 cm³/mol. The van der Waals surface area contributed by atoms with Gasteiger partial charge in [0.05, 0.1) is 0 Å². The van der Waals surface area contributed by atoms with Gasteiger partial charge < -0.3 is 5.32 Å². The molecule has 0 amide bonds. The van der Waals surface area contributed by atoms with Crippen LogP contribution in [-0.4, -0.2) is 24.6 Å². The highest BCUT2D eigenvalue weighted by Gasteiger charge is 2.20. The lowest BCUT2D eigenvalue weighted by Gasteiger charge is -2.28. The van der Waals surface area contributed by atoms with Gasteiger partial charge in [-0.3, -0.25) is 0 Å². The molecule has 0 aromatic heterocycles. The molecule has 0 aromatic carbocycles. The molecule has 1 fully saturated rings. The molecule has 2 unspecified atom stereocenters. The summed E-state index contributed by atoms with van der Waals surface area (Å²) < 4.78 is 0. The van der Waals surface area contributed by atoms with Gasteiger partial charge in [-0.25, -0.2) is 0 Å². The summed E-state index contributed by atoms with van der Waals surface area (Å²) in [4.78, 5) is 0. The lowest BCUT2D eigenvalue weighted by atomic mass is 9.86. The maximum absolute atomic E-state index is 3.58. The molecule has 1 rings (SSSR count). The van der Waals surface area contributed by atoms with Crippen LogP contribution in [0, 0.1) is 11.8 Å². The molecule has 1 N–H and O–H groups in total. The lowest BCUT2D eigenvalue weighted by Crippen LogP contribution is -2.31. The third-order valence-corrected chi connectivity index (χ3v) is 5.58. The molecular weight excluding hydrogens is 238 g/mol. The Bertz CT molecular complexity index is 190. The zero-order chi connectivity index (χ0) is 13.2. The fourth-order valence-corrected chi connectivity index (χ4v) is 4.30. The number of hydrogen-bond acceptors (Lipinski definition) is 2. The van der Waals surface area contributed by atoms with E-state index in [-0.39, 0.29) is 0 Å². The van der Waals surface area contributed by atoms with Crippen molar-refractivity contribution in [1.29, 1.82) is 0 Å². The van der Waals surface area contributed by atoms with Gasteiger partial charge in [0.1, 0.15) is 0 Å². The van der Waals surface area contributed by atoms with Crippen LogP contribution in [0.25, 0.3) is 0 Å². The average Bonchev–Trinajstić information content (AvgIpc) is 2.43. The SMILES string of the molecule is CCCCC(CC)CC(CC1CCSCC1)NC. The zero-order valence-electron chi connectivity index (χ0n) is 12.7. The summed E-state index contributed by atoms with van der Waals surface area (Å²) in [5.41, 5.74) is 0. The van der Waals surface area contributed by atoms with E-state index >= 15 is 0 Å². The van der Waals surface area contributed by atoms with Gasteiger partial charge in [0, 0.05) is 6.04 Å². The molecule has 1 nitrogen and oxygen atoms in total. The number of thioether (sulfide) groups is 1. The van der Waals surface area contributed by atoms with E-state index in [2.05, 4.69) is 38.0 Å². The predicted octanol–water partition coefficient (Wildman–Crippen LogP) is 4.71. The summed E-state index contributed by atoms with van der Waals surface area (Å²) in [6.07, 6.45) is 11.3. The van der Waals surface area contributed by atoms with Gasteiger partial charge in [0.25, 0.3) is 0 Å². The fraction of sp³-hybridized carbons (Fsp3) is 1.00. The van der Waals surface area contributed by atoms with Gasteiger partial charge in [-0.15, -0.1) is 0 Å². The quantitative estimate of drug-likeness (QED) is 0.651. The van der Waals surface area contributed by atoms with E-state index in [1.54, 1.807) is 0 Å². The van der Waals surface area contributed by atoms with Gasteiger partial charge in [-0.2, -0.15) is 11.8 Å². The van der Waals surface area contributed by atoms with Crippen molar-refractivity contribution in [2.45, 2.75) is 71.3 Å². The second-order valence-electron chi connectivity index (χ2n) is 5.93. The van der Waals surface area contributed by atoms with E-state index in [9.17, 15) is 0 Å². The van der Waals surface area contributed by atoms with Crippen molar-refractivity contribution in [1.82, 2.24) is 5.32 Å². The molecule has 2 atom stereocenters. The molecule has 0 aliphatic carbocycles. The summed E-state index contributed by atoms with van der Waals surface area (Å²) in [5.74, 6) is 4.73. The average molecular weight is 272 g/mol. The molecule has 0 spiro atoms. The van der Waals surface area contributed by atoms with E-state index < -0.39 is 0 Å². The molecule has 1 heterocycles. The van der Waals surface area contributed by atoms with Crippen LogP contribution in [-0.2, 0) is 0 Å². The maximum atomic E-state index is 3.58. The van der Waals surface area contributed by atoms with Crippen LogP contribution < -0.4 is 5.32 Å². The van der Waals surface area contributed by atoms with E-state index in [1.165, 1.54) is 62.9 Å². The Hall–Kier alpha value is 0.310. The first kappa shape index (κ1) is 16.4. The Labute approximate surface area is 119 Å². The topological polar surface area (TPSA) is 12.0 Å². The molecule has 1 saturated heterocycles. The van der Waals surface area contributed by atoms with Crippen LogP contribution in [0.3, 0.4) is 0 Å². The summed E-state index contributed by atoms with van der Waals surface area (Å²) in [6.45, 7) is 4.67. The van der Waals surface area contributed by atoms with Gasteiger partial charge in [-0.05, 0) is 56.1 Å². The minimum Gasteiger partial charge on any atom is -0.317 e.